The summed E-state index contributed by atoms with van der Waals surface area (Å²) in [5.41, 5.74) is 6.89. The van der Waals surface area contributed by atoms with Gasteiger partial charge in [0.1, 0.15) is 5.56 Å². The van der Waals surface area contributed by atoms with Gasteiger partial charge in [-0.25, -0.2) is 8.78 Å². The van der Waals surface area contributed by atoms with Crippen LogP contribution in [0.5, 0.6) is 0 Å². The summed E-state index contributed by atoms with van der Waals surface area (Å²) >= 11 is 0. The molecule has 5 nitrogen and oxygen atoms in total. The highest BCUT2D eigenvalue weighted by Gasteiger charge is 2.29. The van der Waals surface area contributed by atoms with Gasteiger partial charge in [-0.3, -0.25) is 9.59 Å². The molecular weight excluding hydrogens is 340 g/mol. The van der Waals surface area contributed by atoms with Crippen molar-refractivity contribution in [3.05, 3.63) is 52.7 Å². The van der Waals surface area contributed by atoms with Crippen molar-refractivity contribution in [3.63, 3.8) is 0 Å². The third-order valence-corrected chi connectivity index (χ3v) is 4.84. The second-order valence-corrected chi connectivity index (χ2v) is 6.35. The van der Waals surface area contributed by atoms with E-state index in [4.69, 9.17) is 5.73 Å². The number of aromatic nitrogens is 1. The van der Waals surface area contributed by atoms with E-state index in [9.17, 15) is 18.4 Å². The van der Waals surface area contributed by atoms with E-state index in [1.807, 2.05) is 0 Å². The van der Waals surface area contributed by atoms with E-state index in [0.717, 1.165) is 0 Å². The van der Waals surface area contributed by atoms with Crippen molar-refractivity contribution in [2.24, 2.45) is 5.73 Å². The summed E-state index contributed by atoms with van der Waals surface area (Å²) in [6.45, 7) is 7.59. The molecule has 1 aromatic carbocycles. The number of fused-ring (bicyclic) bond motifs is 1. The molecule has 0 atom stereocenters. The van der Waals surface area contributed by atoms with Crippen LogP contribution in [0, 0.1) is 25.5 Å². The molecular formula is C19H19F2N3O2. The Morgan fingerprint density at radius 1 is 1.31 bits per heavy atom. The molecule has 0 saturated carbocycles. The lowest BCUT2D eigenvalue weighted by atomic mass is 9.92. The van der Waals surface area contributed by atoms with Gasteiger partial charge in [-0.05, 0) is 37.5 Å². The third kappa shape index (κ3) is 2.60. The van der Waals surface area contributed by atoms with Gasteiger partial charge in [0.25, 0.3) is 5.91 Å². The number of nitrogens with zero attached hydrogens (tertiary/aromatic N) is 1. The molecule has 0 unspecified atom stereocenters. The minimum absolute atomic E-state index is 0.0610. The number of nitrogens with one attached hydrogen (secondary N) is 1. The Morgan fingerprint density at radius 3 is 2.62 bits per heavy atom. The molecule has 0 bridgehead atoms. The summed E-state index contributed by atoms with van der Waals surface area (Å²) < 4.78 is 29.6. The van der Waals surface area contributed by atoms with Gasteiger partial charge < -0.3 is 15.6 Å². The maximum absolute atomic E-state index is 15.0. The second kappa shape index (κ2) is 6.40. The fraction of sp³-hybridized carbons (Fsp3) is 0.263. The zero-order chi connectivity index (χ0) is 19.2. The molecule has 2 heterocycles. The van der Waals surface area contributed by atoms with Crippen LogP contribution < -0.4 is 5.73 Å². The Morgan fingerprint density at radius 2 is 2.00 bits per heavy atom. The van der Waals surface area contributed by atoms with E-state index >= 15 is 0 Å². The van der Waals surface area contributed by atoms with Gasteiger partial charge in [0.2, 0.25) is 5.91 Å². The monoisotopic (exact) mass is 359 g/mol. The molecule has 0 spiro atoms. The quantitative estimate of drug-likeness (QED) is 0.827. The molecule has 3 rings (SSSR count). The number of primary amides is 1. The Labute approximate surface area is 149 Å². The topological polar surface area (TPSA) is 79.2 Å². The van der Waals surface area contributed by atoms with Gasteiger partial charge in [0.05, 0.1) is 5.52 Å². The van der Waals surface area contributed by atoms with Crippen LogP contribution in [0.2, 0.25) is 0 Å². The van der Waals surface area contributed by atoms with Gasteiger partial charge >= 0.3 is 0 Å². The van der Waals surface area contributed by atoms with Crippen LogP contribution in [0.25, 0.3) is 16.5 Å². The first-order chi connectivity index (χ1) is 12.3. The number of hydrogen-bond acceptors (Lipinski definition) is 2. The number of carbonyl (C=O) groups excluding carboxylic acids is 2. The van der Waals surface area contributed by atoms with Gasteiger partial charge in [-0.1, -0.05) is 12.7 Å². The van der Waals surface area contributed by atoms with Gasteiger partial charge in [0, 0.05) is 29.7 Å². The smallest absolute Gasteiger partial charge is 0.253 e. The second-order valence-electron chi connectivity index (χ2n) is 6.35. The molecule has 1 aliphatic heterocycles. The summed E-state index contributed by atoms with van der Waals surface area (Å²) in [4.78, 5) is 28.1. The predicted octanol–water partition coefficient (Wildman–Crippen LogP) is 2.96. The number of aromatic amines is 1. The Bertz CT molecular complexity index is 989. The number of aryl methyl sites for hydroxylation is 2. The lowest BCUT2D eigenvalue weighted by Crippen LogP contribution is -2.34. The molecule has 26 heavy (non-hydrogen) atoms. The minimum atomic E-state index is -1.28. The average molecular weight is 359 g/mol. The standard InChI is InChI=1S/C19H19F2N3O2/c1-4-12(25)24-7-5-6-11(8-24)14-13-9(2)10(3)23-18(13)15(19(22)26)17(21)16(14)20/h4,6,23H,1,5,7-8H2,2-3H3,(H2,22,26). The fourth-order valence-electron chi connectivity index (χ4n) is 3.43. The molecule has 0 aliphatic carbocycles. The van der Waals surface area contributed by atoms with Crippen molar-refractivity contribution in [2.45, 2.75) is 20.3 Å². The highest BCUT2D eigenvalue weighted by Crippen LogP contribution is 2.37. The number of amides is 2. The van der Waals surface area contributed by atoms with Crippen LogP contribution in [0.4, 0.5) is 8.78 Å². The van der Waals surface area contributed by atoms with Crippen LogP contribution in [0.3, 0.4) is 0 Å². The molecule has 0 radical (unpaired) electrons. The van der Waals surface area contributed by atoms with Crippen molar-refractivity contribution in [1.82, 2.24) is 9.88 Å². The number of nitrogens with two attached hydrogens (primary N) is 1. The van der Waals surface area contributed by atoms with E-state index in [1.54, 1.807) is 19.9 Å². The van der Waals surface area contributed by atoms with Gasteiger partial charge in [0.15, 0.2) is 11.6 Å². The fourth-order valence-corrected chi connectivity index (χ4v) is 3.43. The van der Waals surface area contributed by atoms with Gasteiger partial charge in [-0.2, -0.15) is 0 Å². The number of hydrogen-bond donors (Lipinski definition) is 2. The summed E-state index contributed by atoms with van der Waals surface area (Å²) in [5.74, 6) is -3.73. The number of halogens is 2. The first kappa shape index (κ1) is 17.8. The maximum Gasteiger partial charge on any atom is 0.253 e. The van der Waals surface area contributed by atoms with E-state index in [2.05, 4.69) is 11.6 Å². The molecule has 3 N–H and O–H groups in total. The molecule has 136 valence electrons. The van der Waals surface area contributed by atoms with E-state index < -0.39 is 23.1 Å². The summed E-state index contributed by atoms with van der Waals surface area (Å²) in [7, 11) is 0. The molecule has 0 fully saturated rings. The Kier molecular flexibility index (Phi) is 4.39. The van der Waals surface area contributed by atoms with E-state index in [-0.39, 0.29) is 23.5 Å². The lowest BCUT2D eigenvalue weighted by molar-refractivity contribution is -0.125. The summed E-state index contributed by atoms with van der Waals surface area (Å²) in [6, 6.07) is 0. The summed E-state index contributed by atoms with van der Waals surface area (Å²) in [6.07, 6.45) is 3.49. The Balaban J connectivity index is 2.30. The number of rotatable bonds is 3. The minimum Gasteiger partial charge on any atom is -0.365 e. The van der Waals surface area contributed by atoms with Crippen LogP contribution in [-0.4, -0.2) is 34.8 Å². The first-order valence-corrected chi connectivity index (χ1v) is 8.18. The predicted molar refractivity (Wildman–Crippen MR) is 95.6 cm³/mol. The molecule has 1 aromatic heterocycles. The van der Waals surface area contributed by atoms with Crippen LogP contribution in [0.15, 0.2) is 18.7 Å². The SMILES string of the molecule is C=CC(=O)N1CCC=C(c2c(F)c(F)c(C(N)=O)c3[nH]c(C)c(C)c23)C1. The lowest BCUT2D eigenvalue weighted by Gasteiger charge is -2.27. The number of benzene rings is 1. The number of carbonyl (C=O) groups is 2. The average Bonchev–Trinajstić information content (AvgIpc) is 2.89. The van der Waals surface area contributed by atoms with Crippen LogP contribution in [-0.2, 0) is 4.79 Å². The van der Waals surface area contributed by atoms with Crippen LogP contribution in [0.1, 0.15) is 33.6 Å². The molecule has 1 aliphatic rings. The van der Waals surface area contributed by atoms with Crippen molar-refractivity contribution in [3.8, 4) is 0 Å². The van der Waals surface area contributed by atoms with E-state index in [0.29, 0.717) is 35.2 Å². The largest absolute Gasteiger partial charge is 0.365 e. The molecule has 0 saturated heterocycles. The van der Waals surface area contributed by atoms with Crippen molar-refractivity contribution in [2.75, 3.05) is 13.1 Å². The summed E-state index contributed by atoms with van der Waals surface area (Å²) in [5, 5.41) is 0.411. The molecule has 7 heteroatoms. The van der Waals surface area contributed by atoms with Crippen molar-refractivity contribution < 1.29 is 18.4 Å². The Hall–Kier alpha value is -2.96. The highest BCUT2D eigenvalue weighted by atomic mass is 19.2. The normalized spacial score (nSPS) is 14.5. The maximum atomic E-state index is 15.0. The van der Waals surface area contributed by atoms with Gasteiger partial charge in [-0.15, -0.1) is 0 Å². The van der Waals surface area contributed by atoms with Crippen molar-refractivity contribution in [1.29, 1.82) is 0 Å². The zero-order valence-electron chi connectivity index (χ0n) is 14.6. The third-order valence-electron chi connectivity index (χ3n) is 4.84. The first-order valence-electron chi connectivity index (χ1n) is 8.18. The molecule has 2 aromatic rings. The highest BCUT2D eigenvalue weighted by molar-refractivity contribution is 6.09. The van der Waals surface area contributed by atoms with Crippen LogP contribution >= 0.6 is 0 Å². The molecule has 2 amide bonds. The van der Waals surface area contributed by atoms with Crippen molar-refractivity contribution >= 4 is 28.3 Å². The van der Waals surface area contributed by atoms with E-state index in [1.165, 1.54) is 11.0 Å². The number of H-pyrrole nitrogens is 1. The zero-order valence-corrected chi connectivity index (χ0v) is 14.6.